The Morgan fingerprint density at radius 1 is 1.10 bits per heavy atom. The van der Waals surface area contributed by atoms with E-state index in [1.807, 2.05) is 35.2 Å². The molecule has 1 spiro atoms. The summed E-state index contributed by atoms with van der Waals surface area (Å²) >= 11 is 0. The molecular weight excluding hydrogens is 378 g/mol. The summed E-state index contributed by atoms with van der Waals surface area (Å²) in [5.41, 5.74) is 0.451. The van der Waals surface area contributed by atoms with Gasteiger partial charge in [0.15, 0.2) is 11.6 Å². The molecule has 2 amide bonds. The minimum absolute atomic E-state index is 0.0417. The highest BCUT2D eigenvalue weighted by Gasteiger charge is 2.47. The van der Waals surface area contributed by atoms with Crippen molar-refractivity contribution in [1.82, 2.24) is 9.80 Å². The highest BCUT2D eigenvalue weighted by Crippen LogP contribution is 2.32. The van der Waals surface area contributed by atoms with Crippen LogP contribution in [0.15, 0.2) is 48.5 Å². The summed E-state index contributed by atoms with van der Waals surface area (Å²) in [6.45, 7) is 1.81. The first-order valence-electron chi connectivity index (χ1n) is 9.65. The van der Waals surface area contributed by atoms with E-state index in [0.29, 0.717) is 32.7 Å². The Hall–Kier alpha value is -2.80. The molecule has 0 radical (unpaired) electrons. The number of carbonyl (C=O) groups excluding carboxylic acids is 2. The number of rotatable bonds is 3. The van der Waals surface area contributed by atoms with Crippen LogP contribution in [0, 0.1) is 11.6 Å². The van der Waals surface area contributed by atoms with E-state index in [-0.39, 0.29) is 24.4 Å². The van der Waals surface area contributed by atoms with E-state index in [0.717, 1.165) is 17.7 Å². The fraction of sp³-hybridized carbons (Fsp3) is 0.364. The maximum absolute atomic E-state index is 13.6. The summed E-state index contributed by atoms with van der Waals surface area (Å²) in [5.74, 6) is -2.52. The zero-order valence-electron chi connectivity index (χ0n) is 15.9. The molecule has 0 aromatic heterocycles. The lowest BCUT2D eigenvalue weighted by Crippen LogP contribution is -2.56. The zero-order valence-corrected chi connectivity index (χ0v) is 15.9. The zero-order chi connectivity index (χ0) is 20.4. The van der Waals surface area contributed by atoms with E-state index in [9.17, 15) is 18.4 Å². The number of amides is 2. The average molecular weight is 400 g/mol. The van der Waals surface area contributed by atoms with Crippen LogP contribution in [0.25, 0.3) is 0 Å². The first kappa shape index (κ1) is 19.5. The molecule has 2 aromatic carbocycles. The molecule has 5 nitrogen and oxygen atoms in total. The van der Waals surface area contributed by atoms with Crippen LogP contribution in [-0.4, -0.2) is 53.5 Å². The number of carbonyl (C=O) groups is 2. The van der Waals surface area contributed by atoms with E-state index >= 15 is 0 Å². The molecule has 0 saturated carbocycles. The summed E-state index contributed by atoms with van der Waals surface area (Å²) < 4.78 is 32.5. The van der Waals surface area contributed by atoms with Crippen molar-refractivity contribution in [2.45, 2.75) is 24.9 Å². The van der Waals surface area contributed by atoms with Gasteiger partial charge < -0.3 is 14.5 Å². The minimum atomic E-state index is -1.06. The molecule has 1 atom stereocenters. The maximum atomic E-state index is 13.6. The third-order valence-electron chi connectivity index (χ3n) is 5.67. The molecule has 2 aromatic rings. The van der Waals surface area contributed by atoms with Crippen LogP contribution >= 0.6 is 0 Å². The second-order valence-electron chi connectivity index (χ2n) is 7.60. The van der Waals surface area contributed by atoms with Crippen molar-refractivity contribution in [3.63, 3.8) is 0 Å². The van der Waals surface area contributed by atoms with Gasteiger partial charge in [-0.1, -0.05) is 30.3 Å². The molecule has 152 valence electrons. The monoisotopic (exact) mass is 400 g/mol. The molecule has 2 aliphatic rings. The number of halogens is 2. The van der Waals surface area contributed by atoms with Gasteiger partial charge >= 0.3 is 0 Å². The van der Waals surface area contributed by atoms with E-state index in [1.54, 1.807) is 4.90 Å². The van der Waals surface area contributed by atoms with Gasteiger partial charge in [-0.2, -0.15) is 0 Å². The first-order chi connectivity index (χ1) is 14.0. The third kappa shape index (κ3) is 3.87. The van der Waals surface area contributed by atoms with Crippen LogP contribution in [0.4, 0.5) is 8.78 Å². The molecule has 0 bridgehead atoms. The standard InChI is InChI=1S/C22H22F2N2O3/c23-18-7-6-17(12-19(18)24)21(28)25-10-8-20(27)26(13-16-4-2-1-3-5-16)22(14-25)9-11-29-15-22/h1-7,12H,8-11,13-15H2. The molecule has 1 unspecified atom stereocenters. The molecule has 2 aliphatic heterocycles. The molecule has 0 N–H and O–H groups in total. The summed E-state index contributed by atoms with van der Waals surface area (Å²) in [7, 11) is 0. The Bertz CT molecular complexity index is 914. The van der Waals surface area contributed by atoms with Crippen molar-refractivity contribution >= 4 is 11.8 Å². The minimum Gasteiger partial charge on any atom is -0.379 e. The van der Waals surface area contributed by atoms with Gasteiger partial charge in [0.1, 0.15) is 0 Å². The summed E-state index contributed by atoms with van der Waals surface area (Å²) in [4.78, 5) is 29.4. The van der Waals surface area contributed by atoms with Crippen molar-refractivity contribution in [2.75, 3.05) is 26.3 Å². The van der Waals surface area contributed by atoms with Gasteiger partial charge in [-0.15, -0.1) is 0 Å². The second kappa shape index (κ2) is 7.91. The summed E-state index contributed by atoms with van der Waals surface area (Å²) in [5, 5.41) is 0. The molecule has 7 heteroatoms. The van der Waals surface area contributed by atoms with Gasteiger partial charge in [-0.05, 0) is 30.2 Å². The molecule has 2 fully saturated rings. The number of ether oxygens (including phenoxy) is 1. The SMILES string of the molecule is O=C(c1ccc(F)c(F)c1)N1CCC(=O)N(Cc2ccccc2)C2(CCOC2)C1. The van der Waals surface area contributed by atoms with Gasteiger partial charge in [0.25, 0.3) is 5.91 Å². The predicted molar refractivity (Wildman–Crippen MR) is 102 cm³/mol. The topological polar surface area (TPSA) is 49.9 Å². The van der Waals surface area contributed by atoms with Gasteiger partial charge in [-0.3, -0.25) is 9.59 Å². The lowest BCUT2D eigenvalue weighted by Gasteiger charge is -2.40. The summed E-state index contributed by atoms with van der Waals surface area (Å²) in [6.07, 6.45) is 0.789. The Morgan fingerprint density at radius 3 is 2.59 bits per heavy atom. The quantitative estimate of drug-likeness (QED) is 0.796. The predicted octanol–water partition coefficient (Wildman–Crippen LogP) is 3.00. The molecule has 4 rings (SSSR count). The second-order valence-corrected chi connectivity index (χ2v) is 7.60. The molecule has 2 saturated heterocycles. The average Bonchev–Trinajstić information content (AvgIpc) is 3.15. The summed E-state index contributed by atoms with van der Waals surface area (Å²) in [6, 6.07) is 12.8. The van der Waals surface area contributed by atoms with Crippen LogP contribution in [0.1, 0.15) is 28.8 Å². The molecule has 29 heavy (non-hydrogen) atoms. The van der Waals surface area contributed by atoms with Crippen molar-refractivity contribution in [3.8, 4) is 0 Å². The smallest absolute Gasteiger partial charge is 0.254 e. The molecule has 0 aliphatic carbocycles. The van der Waals surface area contributed by atoms with E-state index in [1.165, 1.54) is 6.07 Å². The molecular formula is C22H22F2N2O3. The maximum Gasteiger partial charge on any atom is 0.254 e. The van der Waals surface area contributed by atoms with E-state index < -0.39 is 23.1 Å². The van der Waals surface area contributed by atoms with Gasteiger partial charge in [0.2, 0.25) is 5.91 Å². The van der Waals surface area contributed by atoms with Crippen molar-refractivity contribution in [3.05, 3.63) is 71.3 Å². The number of hydrogen-bond donors (Lipinski definition) is 0. The van der Waals surface area contributed by atoms with Crippen LogP contribution in [-0.2, 0) is 16.1 Å². The van der Waals surface area contributed by atoms with Gasteiger partial charge in [0.05, 0.1) is 12.1 Å². The third-order valence-corrected chi connectivity index (χ3v) is 5.67. The van der Waals surface area contributed by atoms with Crippen LogP contribution in [0.3, 0.4) is 0 Å². The van der Waals surface area contributed by atoms with E-state index in [2.05, 4.69) is 0 Å². The van der Waals surface area contributed by atoms with Crippen molar-refractivity contribution < 1.29 is 23.1 Å². The lowest BCUT2D eigenvalue weighted by molar-refractivity contribution is -0.137. The van der Waals surface area contributed by atoms with Crippen LogP contribution in [0.5, 0.6) is 0 Å². The largest absolute Gasteiger partial charge is 0.379 e. The molecule has 2 heterocycles. The number of nitrogens with zero attached hydrogens (tertiary/aromatic N) is 2. The fourth-order valence-corrected chi connectivity index (χ4v) is 4.09. The van der Waals surface area contributed by atoms with Crippen molar-refractivity contribution in [1.29, 1.82) is 0 Å². The van der Waals surface area contributed by atoms with Crippen molar-refractivity contribution in [2.24, 2.45) is 0 Å². The van der Waals surface area contributed by atoms with Crippen LogP contribution in [0.2, 0.25) is 0 Å². The first-order valence-corrected chi connectivity index (χ1v) is 9.65. The van der Waals surface area contributed by atoms with E-state index in [4.69, 9.17) is 4.74 Å². The normalized spacial score (nSPS) is 22.2. The number of benzene rings is 2. The highest BCUT2D eigenvalue weighted by molar-refractivity contribution is 5.95. The van der Waals surface area contributed by atoms with Crippen LogP contribution < -0.4 is 0 Å². The Labute approximate surface area is 167 Å². The highest BCUT2D eigenvalue weighted by atomic mass is 19.2. The Kier molecular flexibility index (Phi) is 5.32. The van der Waals surface area contributed by atoms with Gasteiger partial charge in [0, 0.05) is 38.2 Å². The number of hydrogen-bond acceptors (Lipinski definition) is 3. The fourth-order valence-electron chi connectivity index (χ4n) is 4.09. The Balaban J connectivity index is 1.62. The van der Waals surface area contributed by atoms with Gasteiger partial charge in [-0.25, -0.2) is 8.78 Å². The Morgan fingerprint density at radius 2 is 1.90 bits per heavy atom. The lowest BCUT2D eigenvalue weighted by atomic mass is 9.94.